The molecule has 0 aliphatic carbocycles. The van der Waals surface area contributed by atoms with Crippen molar-refractivity contribution in [1.29, 1.82) is 0 Å². The van der Waals surface area contributed by atoms with E-state index in [0.717, 1.165) is 6.42 Å². The molecule has 2 aromatic heterocycles. The molecule has 0 aliphatic rings. The van der Waals surface area contributed by atoms with Crippen LogP contribution in [0.5, 0.6) is 0 Å². The van der Waals surface area contributed by atoms with E-state index in [9.17, 15) is 9.18 Å². The van der Waals surface area contributed by atoms with Crippen molar-refractivity contribution in [3.8, 4) is 11.4 Å². The quantitative estimate of drug-likeness (QED) is 0.762. The van der Waals surface area contributed by atoms with Gasteiger partial charge in [-0.15, -0.1) is 0 Å². The van der Waals surface area contributed by atoms with Gasteiger partial charge in [0.2, 0.25) is 0 Å². The van der Waals surface area contributed by atoms with E-state index in [2.05, 4.69) is 20.4 Å². The fourth-order valence-corrected chi connectivity index (χ4v) is 2.54. The van der Waals surface area contributed by atoms with Crippen molar-refractivity contribution in [2.45, 2.75) is 13.3 Å². The number of fused-ring (bicyclic) bond motifs is 1. The van der Waals surface area contributed by atoms with E-state index in [0.29, 0.717) is 23.1 Å². The number of hydrogen-bond acceptors (Lipinski definition) is 5. The minimum absolute atomic E-state index is 0.131. The summed E-state index contributed by atoms with van der Waals surface area (Å²) >= 11 is 0. The zero-order valence-corrected chi connectivity index (χ0v) is 13.4. The van der Waals surface area contributed by atoms with Crippen LogP contribution in [0.25, 0.3) is 22.2 Å². The molecule has 24 heavy (non-hydrogen) atoms. The first-order valence-corrected chi connectivity index (χ1v) is 7.53. The highest BCUT2D eigenvalue weighted by Gasteiger charge is 2.19. The highest BCUT2D eigenvalue weighted by atomic mass is 19.1. The van der Waals surface area contributed by atoms with Gasteiger partial charge in [0.1, 0.15) is 12.1 Å². The minimum atomic E-state index is -0.456. The van der Waals surface area contributed by atoms with Crippen LogP contribution in [0, 0.1) is 5.82 Å². The molecule has 0 saturated heterocycles. The molecular formula is C16H17FN6O. The first-order chi connectivity index (χ1) is 11.5. The Hall–Kier alpha value is -3.03. The summed E-state index contributed by atoms with van der Waals surface area (Å²) in [6.07, 6.45) is 3.59. The predicted octanol–water partition coefficient (Wildman–Crippen LogP) is 1.89. The van der Waals surface area contributed by atoms with E-state index < -0.39 is 5.82 Å². The molecule has 1 aromatic carbocycles. The zero-order chi connectivity index (χ0) is 17.3. The Morgan fingerprint density at radius 1 is 1.33 bits per heavy atom. The Morgan fingerprint density at radius 3 is 2.79 bits per heavy atom. The number of nitrogen functional groups attached to an aromatic ring is 1. The second kappa shape index (κ2) is 6.23. The summed E-state index contributed by atoms with van der Waals surface area (Å²) in [5.74, 6) is -0.439. The minimum Gasteiger partial charge on any atom is -0.396 e. The molecule has 124 valence electrons. The summed E-state index contributed by atoms with van der Waals surface area (Å²) in [5, 5.41) is 7.73. The normalized spacial score (nSPS) is 11.0. The molecule has 8 heteroatoms. The molecule has 3 N–H and O–H groups in total. The van der Waals surface area contributed by atoms with Crippen molar-refractivity contribution < 1.29 is 9.18 Å². The number of aryl methyl sites for hydroxylation is 1. The summed E-state index contributed by atoms with van der Waals surface area (Å²) < 4.78 is 15.9. The number of benzene rings is 1. The van der Waals surface area contributed by atoms with Crippen molar-refractivity contribution in [1.82, 2.24) is 25.1 Å². The third-order valence-corrected chi connectivity index (χ3v) is 3.75. The molecule has 3 aromatic rings. The number of halogens is 1. The molecule has 7 nitrogen and oxygen atoms in total. The molecule has 0 bridgehead atoms. The summed E-state index contributed by atoms with van der Waals surface area (Å²) in [6.45, 7) is 2.49. The topological polar surface area (TPSA) is 98.7 Å². The highest BCUT2D eigenvalue weighted by Crippen LogP contribution is 2.33. The van der Waals surface area contributed by atoms with Crippen LogP contribution in [0.4, 0.5) is 10.1 Å². The van der Waals surface area contributed by atoms with Gasteiger partial charge in [-0.25, -0.2) is 19.0 Å². The Morgan fingerprint density at radius 2 is 2.12 bits per heavy atom. The molecule has 0 spiro atoms. The Labute approximate surface area is 137 Å². The van der Waals surface area contributed by atoms with Gasteiger partial charge in [-0.1, -0.05) is 6.92 Å². The smallest absolute Gasteiger partial charge is 0.272 e. The molecule has 0 saturated carbocycles. The number of pyridine rings is 1. The van der Waals surface area contributed by atoms with Crippen LogP contribution in [0.1, 0.15) is 23.8 Å². The van der Waals surface area contributed by atoms with E-state index in [1.165, 1.54) is 29.3 Å². The van der Waals surface area contributed by atoms with Gasteiger partial charge in [0.05, 0.1) is 11.3 Å². The summed E-state index contributed by atoms with van der Waals surface area (Å²) in [4.78, 5) is 20.4. The van der Waals surface area contributed by atoms with Crippen LogP contribution in [-0.4, -0.2) is 32.2 Å². The standard InChI is InChI=1S/C16H17FN6O/c1-3-6-19-16(24)14-13(18)9-4-5-11(17)12(10(9)7-20-14)15-21-8-22-23(15)2/h4-5,7-8H,3,6,18H2,1-2H3,(H,19,24). The van der Waals surface area contributed by atoms with Gasteiger partial charge in [0.25, 0.3) is 5.91 Å². The molecule has 0 radical (unpaired) electrons. The van der Waals surface area contributed by atoms with Crippen LogP contribution >= 0.6 is 0 Å². The Bertz CT molecular complexity index is 920. The van der Waals surface area contributed by atoms with Crippen molar-refractivity contribution in [2.24, 2.45) is 7.05 Å². The van der Waals surface area contributed by atoms with Crippen molar-refractivity contribution >= 4 is 22.4 Å². The number of nitrogens with one attached hydrogen (secondary N) is 1. The average molecular weight is 328 g/mol. The summed E-state index contributed by atoms with van der Waals surface area (Å²) in [6, 6.07) is 2.84. The molecule has 3 rings (SSSR count). The lowest BCUT2D eigenvalue weighted by Crippen LogP contribution is -2.26. The number of amides is 1. The maximum absolute atomic E-state index is 14.4. The third-order valence-electron chi connectivity index (χ3n) is 3.75. The van der Waals surface area contributed by atoms with Crippen molar-refractivity contribution in [3.63, 3.8) is 0 Å². The molecule has 1 amide bonds. The second-order valence-electron chi connectivity index (χ2n) is 5.37. The fourth-order valence-electron chi connectivity index (χ4n) is 2.54. The van der Waals surface area contributed by atoms with Crippen LogP contribution < -0.4 is 11.1 Å². The van der Waals surface area contributed by atoms with Crippen molar-refractivity contribution in [2.75, 3.05) is 12.3 Å². The van der Waals surface area contributed by atoms with Crippen LogP contribution in [0.3, 0.4) is 0 Å². The van der Waals surface area contributed by atoms with E-state index in [4.69, 9.17) is 5.73 Å². The van der Waals surface area contributed by atoms with Crippen LogP contribution in [-0.2, 0) is 7.05 Å². The van der Waals surface area contributed by atoms with Gasteiger partial charge >= 0.3 is 0 Å². The number of carbonyl (C=O) groups excluding carboxylic acids is 1. The number of hydrogen-bond donors (Lipinski definition) is 2. The van der Waals surface area contributed by atoms with E-state index >= 15 is 0 Å². The van der Waals surface area contributed by atoms with Crippen molar-refractivity contribution in [3.05, 3.63) is 36.2 Å². The molecule has 0 fully saturated rings. The maximum atomic E-state index is 14.4. The van der Waals surface area contributed by atoms with Gasteiger partial charge in [0, 0.05) is 30.6 Å². The predicted molar refractivity (Wildman–Crippen MR) is 88.7 cm³/mol. The molecule has 0 atom stereocenters. The number of rotatable bonds is 4. The van der Waals surface area contributed by atoms with E-state index in [1.807, 2.05) is 6.92 Å². The number of aromatic nitrogens is 4. The van der Waals surface area contributed by atoms with E-state index in [-0.39, 0.29) is 22.9 Å². The van der Waals surface area contributed by atoms with Gasteiger partial charge in [0.15, 0.2) is 11.5 Å². The summed E-state index contributed by atoms with van der Waals surface area (Å²) in [7, 11) is 1.67. The Kier molecular flexibility index (Phi) is 4.11. The maximum Gasteiger partial charge on any atom is 0.272 e. The van der Waals surface area contributed by atoms with E-state index in [1.54, 1.807) is 7.05 Å². The SMILES string of the molecule is CCCNC(=O)c1ncc2c(-c3ncnn3C)c(F)ccc2c1N. The molecule has 0 aliphatic heterocycles. The third kappa shape index (κ3) is 2.55. The lowest BCUT2D eigenvalue weighted by atomic mass is 10.0. The fraction of sp³-hybridized carbons (Fsp3) is 0.250. The van der Waals surface area contributed by atoms with Crippen LogP contribution in [0.15, 0.2) is 24.7 Å². The van der Waals surface area contributed by atoms with Gasteiger partial charge in [-0.05, 0) is 18.6 Å². The zero-order valence-electron chi connectivity index (χ0n) is 13.4. The second-order valence-corrected chi connectivity index (χ2v) is 5.37. The number of nitrogens with zero attached hydrogens (tertiary/aromatic N) is 4. The molecule has 0 unspecified atom stereocenters. The lowest BCUT2D eigenvalue weighted by molar-refractivity contribution is 0.0950. The molecular weight excluding hydrogens is 311 g/mol. The summed E-state index contributed by atoms with van der Waals surface area (Å²) in [5.41, 5.74) is 6.71. The van der Waals surface area contributed by atoms with Crippen LogP contribution in [0.2, 0.25) is 0 Å². The largest absolute Gasteiger partial charge is 0.396 e. The van der Waals surface area contributed by atoms with Gasteiger partial charge in [-0.3, -0.25) is 4.79 Å². The first-order valence-electron chi connectivity index (χ1n) is 7.53. The molecule has 2 heterocycles. The van der Waals surface area contributed by atoms with Gasteiger partial charge < -0.3 is 11.1 Å². The number of nitrogens with two attached hydrogens (primary N) is 1. The van der Waals surface area contributed by atoms with Gasteiger partial charge in [-0.2, -0.15) is 5.10 Å². The highest BCUT2D eigenvalue weighted by molar-refractivity contribution is 6.08. The first kappa shape index (κ1) is 15.9. The number of anilines is 1. The Balaban J connectivity index is 2.19. The number of carbonyl (C=O) groups is 1. The lowest BCUT2D eigenvalue weighted by Gasteiger charge is -2.12. The monoisotopic (exact) mass is 328 g/mol. The average Bonchev–Trinajstić information content (AvgIpc) is 2.98.